The second-order valence-electron chi connectivity index (χ2n) is 4.58. The summed E-state index contributed by atoms with van der Waals surface area (Å²) in [5.41, 5.74) is 1.18. The van der Waals surface area contributed by atoms with Gasteiger partial charge < -0.3 is 10.1 Å². The molecule has 5 nitrogen and oxygen atoms in total. The number of benzene rings is 1. The van der Waals surface area contributed by atoms with E-state index in [1.54, 1.807) is 30.3 Å². The van der Waals surface area contributed by atoms with E-state index in [2.05, 4.69) is 10.3 Å². The quantitative estimate of drug-likeness (QED) is 0.859. The van der Waals surface area contributed by atoms with Crippen LogP contribution in [0.4, 0.5) is 0 Å². The number of amides is 1. The van der Waals surface area contributed by atoms with E-state index in [1.807, 2.05) is 6.07 Å². The topological polar surface area (TPSA) is 68.3 Å². The molecule has 2 rings (SSSR count). The summed E-state index contributed by atoms with van der Waals surface area (Å²) >= 11 is 6.10. The Morgan fingerprint density at radius 2 is 1.91 bits per heavy atom. The summed E-state index contributed by atoms with van der Waals surface area (Å²) in [6, 6.07) is 9.48. The van der Waals surface area contributed by atoms with E-state index in [1.165, 1.54) is 19.5 Å². The summed E-state index contributed by atoms with van der Waals surface area (Å²) in [5, 5.41) is 3.20. The van der Waals surface area contributed by atoms with E-state index < -0.39 is 12.0 Å². The number of halogens is 1. The van der Waals surface area contributed by atoms with Gasteiger partial charge in [0.05, 0.1) is 7.11 Å². The highest BCUT2D eigenvalue weighted by atomic mass is 35.5. The van der Waals surface area contributed by atoms with Crippen LogP contribution in [-0.2, 0) is 16.0 Å². The number of esters is 1. The van der Waals surface area contributed by atoms with Crippen LogP contribution in [0.3, 0.4) is 0 Å². The molecular formula is C16H15ClN2O3. The number of nitrogens with one attached hydrogen (secondary N) is 1. The van der Waals surface area contributed by atoms with Crippen LogP contribution in [0, 0.1) is 0 Å². The minimum Gasteiger partial charge on any atom is -0.467 e. The Labute approximate surface area is 133 Å². The van der Waals surface area contributed by atoms with Gasteiger partial charge in [0.1, 0.15) is 6.04 Å². The lowest BCUT2D eigenvalue weighted by Gasteiger charge is -2.17. The second kappa shape index (κ2) is 7.56. The van der Waals surface area contributed by atoms with Crippen molar-refractivity contribution in [3.63, 3.8) is 0 Å². The Morgan fingerprint density at radius 1 is 1.23 bits per heavy atom. The molecule has 0 unspecified atom stereocenters. The third-order valence-electron chi connectivity index (χ3n) is 3.12. The van der Waals surface area contributed by atoms with Gasteiger partial charge in [-0.05, 0) is 23.8 Å². The first kappa shape index (κ1) is 16.0. The van der Waals surface area contributed by atoms with Crippen LogP contribution >= 0.6 is 11.6 Å². The maximum atomic E-state index is 12.2. The van der Waals surface area contributed by atoms with Crippen LogP contribution in [0.1, 0.15) is 15.9 Å². The van der Waals surface area contributed by atoms with Crippen LogP contribution in [-0.4, -0.2) is 30.0 Å². The SMILES string of the molecule is COC(=O)[C@@H](Cc1ccccc1Cl)NC(=O)c1ccncc1. The zero-order valence-electron chi connectivity index (χ0n) is 12.0. The molecule has 22 heavy (non-hydrogen) atoms. The van der Waals surface area contributed by atoms with Crippen LogP contribution in [0.15, 0.2) is 48.8 Å². The van der Waals surface area contributed by atoms with Crippen LogP contribution in [0.25, 0.3) is 0 Å². The molecule has 0 aliphatic rings. The van der Waals surface area contributed by atoms with Crippen molar-refractivity contribution < 1.29 is 14.3 Å². The predicted molar refractivity (Wildman–Crippen MR) is 82.7 cm³/mol. The maximum absolute atomic E-state index is 12.2. The maximum Gasteiger partial charge on any atom is 0.328 e. The van der Waals surface area contributed by atoms with Gasteiger partial charge in [-0.15, -0.1) is 0 Å². The normalized spacial score (nSPS) is 11.5. The molecule has 0 radical (unpaired) electrons. The van der Waals surface area contributed by atoms with E-state index >= 15 is 0 Å². The number of carbonyl (C=O) groups excluding carboxylic acids is 2. The van der Waals surface area contributed by atoms with E-state index in [0.717, 1.165) is 5.56 Å². The minimum absolute atomic E-state index is 0.253. The fourth-order valence-electron chi connectivity index (χ4n) is 1.96. The van der Waals surface area contributed by atoms with Gasteiger partial charge in [-0.1, -0.05) is 29.8 Å². The minimum atomic E-state index is -0.814. The molecule has 0 fully saturated rings. The Bertz CT molecular complexity index is 661. The highest BCUT2D eigenvalue weighted by Crippen LogP contribution is 2.17. The number of aromatic nitrogens is 1. The monoisotopic (exact) mass is 318 g/mol. The van der Waals surface area contributed by atoms with Gasteiger partial charge in [0.15, 0.2) is 0 Å². The lowest BCUT2D eigenvalue weighted by Crippen LogP contribution is -2.43. The number of nitrogens with zero attached hydrogens (tertiary/aromatic N) is 1. The van der Waals surface area contributed by atoms with Gasteiger partial charge in [0.25, 0.3) is 5.91 Å². The molecule has 1 N–H and O–H groups in total. The molecule has 2 aromatic rings. The summed E-state index contributed by atoms with van der Waals surface area (Å²) in [6.45, 7) is 0. The van der Waals surface area contributed by atoms with Gasteiger partial charge in [-0.3, -0.25) is 9.78 Å². The van der Waals surface area contributed by atoms with Gasteiger partial charge >= 0.3 is 5.97 Å². The van der Waals surface area contributed by atoms with Crippen molar-refractivity contribution in [2.45, 2.75) is 12.5 Å². The molecule has 0 spiro atoms. The van der Waals surface area contributed by atoms with E-state index in [4.69, 9.17) is 16.3 Å². The van der Waals surface area contributed by atoms with Crippen molar-refractivity contribution in [2.75, 3.05) is 7.11 Å². The molecule has 6 heteroatoms. The van der Waals surface area contributed by atoms with E-state index in [9.17, 15) is 9.59 Å². The highest BCUT2D eigenvalue weighted by Gasteiger charge is 2.23. The first-order valence-electron chi connectivity index (χ1n) is 6.64. The first-order chi connectivity index (χ1) is 10.6. The largest absolute Gasteiger partial charge is 0.467 e. The Kier molecular flexibility index (Phi) is 5.49. The number of hydrogen-bond donors (Lipinski definition) is 1. The van der Waals surface area contributed by atoms with Gasteiger partial charge in [0.2, 0.25) is 0 Å². The zero-order chi connectivity index (χ0) is 15.9. The highest BCUT2D eigenvalue weighted by molar-refractivity contribution is 6.31. The summed E-state index contributed by atoms with van der Waals surface area (Å²) < 4.78 is 4.75. The molecule has 0 aliphatic carbocycles. The van der Waals surface area contributed by atoms with Crippen molar-refractivity contribution in [2.24, 2.45) is 0 Å². The summed E-state index contributed by atoms with van der Waals surface area (Å²) in [7, 11) is 1.28. The number of pyridine rings is 1. The fourth-order valence-corrected chi connectivity index (χ4v) is 2.18. The summed E-state index contributed by atoms with van der Waals surface area (Å²) in [4.78, 5) is 27.9. The number of rotatable bonds is 5. The molecule has 1 aromatic carbocycles. The number of hydrogen-bond acceptors (Lipinski definition) is 4. The fraction of sp³-hybridized carbons (Fsp3) is 0.188. The number of carbonyl (C=O) groups is 2. The Hall–Kier alpha value is -2.40. The van der Waals surface area contributed by atoms with Gasteiger partial charge in [-0.25, -0.2) is 4.79 Å². The van der Waals surface area contributed by atoms with E-state index in [-0.39, 0.29) is 12.3 Å². The van der Waals surface area contributed by atoms with Crippen LogP contribution in [0.2, 0.25) is 5.02 Å². The third kappa shape index (κ3) is 4.05. The van der Waals surface area contributed by atoms with Crippen molar-refractivity contribution >= 4 is 23.5 Å². The van der Waals surface area contributed by atoms with E-state index in [0.29, 0.717) is 10.6 Å². The van der Waals surface area contributed by atoms with Crippen molar-refractivity contribution in [1.29, 1.82) is 0 Å². The van der Waals surface area contributed by atoms with Crippen LogP contribution < -0.4 is 5.32 Å². The lowest BCUT2D eigenvalue weighted by atomic mass is 10.1. The van der Waals surface area contributed by atoms with Crippen LogP contribution in [0.5, 0.6) is 0 Å². The molecule has 1 heterocycles. The lowest BCUT2D eigenvalue weighted by molar-refractivity contribution is -0.142. The molecule has 114 valence electrons. The first-order valence-corrected chi connectivity index (χ1v) is 7.01. The average Bonchev–Trinajstić information content (AvgIpc) is 2.56. The van der Waals surface area contributed by atoms with Gasteiger partial charge in [-0.2, -0.15) is 0 Å². The molecule has 0 saturated heterocycles. The number of ether oxygens (including phenoxy) is 1. The predicted octanol–water partition coefficient (Wildman–Crippen LogP) is 2.25. The second-order valence-corrected chi connectivity index (χ2v) is 4.99. The molecule has 0 aliphatic heterocycles. The molecule has 0 bridgehead atoms. The molecule has 1 amide bonds. The average molecular weight is 319 g/mol. The van der Waals surface area contributed by atoms with Gasteiger partial charge in [0, 0.05) is 29.4 Å². The Balaban J connectivity index is 2.15. The summed E-state index contributed by atoms with van der Waals surface area (Å²) in [6.07, 6.45) is 3.27. The standard InChI is InChI=1S/C16H15ClN2O3/c1-22-16(21)14(10-12-4-2-3-5-13(12)17)19-15(20)11-6-8-18-9-7-11/h2-9,14H,10H2,1H3,(H,19,20)/t14-/m1/s1. The smallest absolute Gasteiger partial charge is 0.328 e. The molecule has 1 aromatic heterocycles. The zero-order valence-corrected chi connectivity index (χ0v) is 12.7. The summed E-state index contributed by atoms with van der Waals surface area (Å²) in [5.74, 6) is -0.896. The molecule has 0 saturated carbocycles. The number of methoxy groups -OCH3 is 1. The van der Waals surface area contributed by atoms with Crippen molar-refractivity contribution in [3.8, 4) is 0 Å². The van der Waals surface area contributed by atoms with Crippen molar-refractivity contribution in [3.05, 3.63) is 64.9 Å². The van der Waals surface area contributed by atoms with Crippen molar-refractivity contribution in [1.82, 2.24) is 10.3 Å². The molecular weight excluding hydrogens is 304 g/mol. The Morgan fingerprint density at radius 3 is 2.55 bits per heavy atom. The third-order valence-corrected chi connectivity index (χ3v) is 3.48. The molecule has 1 atom stereocenters.